The number of hydrogen-bond acceptors (Lipinski definition) is 3. The maximum absolute atomic E-state index is 2.68. The topological polar surface area (TPSA) is 9.72 Å². The van der Waals surface area contributed by atoms with E-state index >= 15 is 0 Å². The minimum atomic E-state index is -0.591. The van der Waals surface area contributed by atoms with E-state index in [1.165, 1.54) is 112 Å². The van der Waals surface area contributed by atoms with Gasteiger partial charge in [-0.15, -0.1) is 0 Å². The second-order valence-corrected chi connectivity index (χ2v) is 26.6. The van der Waals surface area contributed by atoms with Gasteiger partial charge in [-0.3, -0.25) is 0 Å². The zero-order valence-corrected chi connectivity index (χ0v) is 47.8. The Hall–Kier alpha value is -7.82. The summed E-state index contributed by atoms with van der Waals surface area (Å²) >= 11 is 0. The van der Waals surface area contributed by atoms with E-state index in [2.05, 4.69) is 304 Å². The first-order chi connectivity index (χ1) is 37.2. The van der Waals surface area contributed by atoms with Crippen molar-refractivity contribution in [2.24, 2.45) is 0 Å². The maximum atomic E-state index is 2.68. The van der Waals surface area contributed by atoms with Gasteiger partial charge in [0.2, 0.25) is 0 Å². The summed E-state index contributed by atoms with van der Waals surface area (Å²) in [5.74, 6) is 0. The van der Waals surface area contributed by atoms with E-state index < -0.39 is 5.41 Å². The van der Waals surface area contributed by atoms with Crippen LogP contribution in [0.15, 0.2) is 212 Å². The standard InChI is InChI=1S/C74H72BN3/c1-70(2,3)49-33-38-55(39-34-49)76-64-42-37-54(73(10,11)12)45-61(64)75-68-58-44-53(72(7,8)9)32-31-48(58)43-65(68)77(56-40-35-50(36-41-56)71(4,5)6)67-47-57(46-66(76)69(67)75)78-62-29-21-19-27-59(62)74(51-23-15-13-16-24-51,52-25-17-14-18-26-52)60-28-20-22-30-63(60)78/h13-42,44-47H,43H2,1-12H3. The molecule has 3 nitrogen and oxygen atoms in total. The van der Waals surface area contributed by atoms with Crippen LogP contribution in [0.1, 0.15) is 139 Å². The van der Waals surface area contributed by atoms with Gasteiger partial charge < -0.3 is 14.7 Å². The van der Waals surface area contributed by atoms with Gasteiger partial charge in [0.05, 0.1) is 22.5 Å². The van der Waals surface area contributed by atoms with Crippen molar-refractivity contribution >= 4 is 68.6 Å². The molecule has 9 aromatic carbocycles. The van der Waals surface area contributed by atoms with Crippen LogP contribution in [0.5, 0.6) is 0 Å². The van der Waals surface area contributed by atoms with Crippen LogP contribution in [-0.2, 0) is 33.5 Å². The van der Waals surface area contributed by atoms with Crippen molar-refractivity contribution in [1.29, 1.82) is 0 Å². The van der Waals surface area contributed by atoms with E-state index in [4.69, 9.17) is 0 Å². The van der Waals surface area contributed by atoms with Crippen LogP contribution in [-0.4, -0.2) is 6.71 Å². The lowest BCUT2D eigenvalue weighted by Crippen LogP contribution is -2.55. The van der Waals surface area contributed by atoms with E-state index in [0.717, 1.165) is 17.8 Å². The van der Waals surface area contributed by atoms with Gasteiger partial charge in [0.1, 0.15) is 0 Å². The van der Waals surface area contributed by atoms with Crippen molar-refractivity contribution in [2.45, 2.75) is 117 Å². The van der Waals surface area contributed by atoms with Crippen LogP contribution in [0, 0.1) is 0 Å². The molecule has 3 aliphatic heterocycles. The summed E-state index contributed by atoms with van der Waals surface area (Å²) in [5, 5.41) is 0. The molecule has 0 aromatic heterocycles. The number of para-hydroxylation sites is 2. The Morgan fingerprint density at radius 2 is 0.782 bits per heavy atom. The first kappa shape index (κ1) is 49.7. The number of hydrogen-bond donors (Lipinski definition) is 0. The van der Waals surface area contributed by atoms with E-state index in [1.54, 1.807) is 0 Å². The summed E-state index contributed by atoms with van der Waals surface area (Å²) in [6.07, 6.45) is 0.837. The zero-order chi connectivity index (χ0) is 54.3. The fraction of sp³-hybridized carbons (Fsp3) is 0.243. The Bertz CT molecular complexity index is 3770. The Morgan fingerprint density at radius 1 is 0.359 bits per heavy atom. The van der Waals surface area contributed by atoms with Gasteiger partial charge in [0, 0.05) is 40.6 Å². The highest BCUT2D eigenvalue weighted by Gasteiger charge is 2.50. The van der Waals surface area contributed by atoms with Crippen LogP contribution in [0.4, 0.5) is 45.5 Å². The van der Waals surface area contributed by atoms with Crippen molar-refractivity contribution in [2.75, 3.05) is 14.7 Å². The van der Waals surface area contributed by atoms with Crippen LogP contribution in [0.25, 0.3) is 5.47 Å². The third kappa shape index (κ3) is 7.68. The van der Waals surface area contributed by atoms with Gasteiger partial charge in [0.25, 0.3) is 6.71 Å². The molecule has 0 spiro atoms. The summed E-state index contributed by atoms with van der Waals surface area (Å²) in [6.45, 7) is 28.0. The van der Waals surface area contributed by atoms with Crippen molar-refractivity contribution in [3.8, 4) is 0 Å². The third-order valence-corrected chi connectivity index (χ3v) is 17.6. The van der Waals surface area contributed by atoms with Gasteiger partial charge in [-0.05, 0) is 148 Å². The highest BCUT2D eigenvalue weighted by molar-refractivity contribution is 7.03. The second kappa shape index (κ2) is 17.6. The summed E-state index contributed by atoms with van der Waals surface area (Å²) in [6, 6.07) is 79.7. The molecule has 3 heterocycles. The van der Waals surface area contributed by atoms with Crippen LogP contribution >= 0.6 is 0 Å². The molecule has 4 aliphatic rings. The van der Waals surface area contributed by atoms with Gasteiger partial charge in [0.15, 0.2) is 0 Å². The highest BCUT2D eigenvalue weighted by Crippen LogP contribution is 2.59. The Balaban J connectivity index is 1.16. The fourth-order valence-corrected chi connectivity index (χ4v) is 13.5. The molecular weight excluding hydrogens is 942 g/mol. The van der Waals surface area contributed by atoms with Gasteiger partial charge in [-0.1, -0.05) is 235 Å². The molecule has 0 N–H and O–H groups in total. The summed E-state index contributed by atoms with van der Waals surface area (Å²) in [4.78, 5) is 7.88. The fourth-order valence-electron chi connectivity index (χ4n) is 13.5. The predicted octanol–water partition coefficient (Wildman–Crippen LogP) is 18.1. The molecule has 1 aliphatic carbocycles. The number of rotatable bonds is 5. The number of fused-ring (bicyclic) bond motifs is 7. The molecular formula is C74H72BN3. The quantitative estimate of drug-likeness (QED) is 0.159. The molecule has 9 aromatic rings. The minimum absolute atomic E-state index is 0.00156. The molecule has 4 heteroatoms. The molecule has 386 valence electrons. The number of nitrogens with zero attached hydrogens (tertiary/aromatic N) is 3. The van der Waals surface area contributed by atoms with Gasteiger partial charge >= 0.3 is 0 Å². The van der Waals surface area contributed by atoms with Gasteiger partial charge in [-0.25, -0.2) is 0 Å². The minimum Gasteiger partial charge on any atom is -0.315 e. The lowest BCUT2D eigenvalue weighted by molar-refractivity contribution is 0.589. The Kier molecular flexibility index (Phi) is 11.2. The average molecular weight is 1010 g/mol. The van der Waals surface area contributed by atoms with E-state index in [-0.39, 0.29) is 28.4 Å². The molecule has 0 saturated heterocycles. The zero-order valence-electron chi connectivity index (χ0n) is 47.8. The van der Waals surface area contributed by atoms with Crippen LogP contribution < -0.4 is 25.6 Å². The summed E-state index contributed by atoms with van der Waals surface area (Å²) in [7, 11) is 0. The maximum Gasteiger partial charge on any atom is 0.252 e. The molecule has 0 saturated carbocycles. The number of benzene rings is 9. The Morgan fingerprint density at radius 3 is 1.29 bits per heavy atom. The number of allylic oxidation sites excluding steroid dienone is 1. The largest absolute Gasteiger partial charge is 0.315 e. The molecule has 0 amide bonds. The molecule has 78 heavy (non-hydrogen) atoms. The lowest BCUT2D eigenvalue weighted by atomic mass is 9.32. The third-order valence-electron chi connectivity index (χ3n) is 17.6. The summed E-state index contributed by atoms with van der Waals surface area (Å²) < 4.78 is 0. The van der Waals surface area contributed by atoms with Crippen LogP contribution in [0.3, 0.4) is 0 Å². The average Bonchev–Trinajstić information content (AvgIpc) is 3.49. The molecule has 0 unspecified atom stereocenters. The van der Waals surface area contributed by atoms with E-state index in [9.17, 15) is 0 Å². The molecule has 0 bridgehead atoms. The normalized spacial score (nSPS) is 15.3. The SMILES string of the molecule is CC(C)(C)c1ccc(N2C3=C(B4c5cc(C(C)(C)C)ccc5N(c5ccc(C(C)(C)C)cc5)c5cc(N6c7ccccc7C(c7ccccc7)(c7ccccc7)c7ccccc76)cc2c54)c2cc(C(C)(C)C)ccc2C3)cc1. The lowest BCUT2D eigenvalue weighted by Gasteiger charge is -2.48. The van der Waals surface area contributed by atoms with Crippen LogP contribution in [0.2, 0.25) is 0 Å². The molecule has 0 radical (unpaired) electrons. The highest BCUT2D eigenvalue weighted by atomic mass is 15.2. The number of anilines is 8. The Labute approximate surface area is 465 Å². The van der Waals surface area contributed by atoms with Gasteiger partial charge in [-0.2, -0.15) is 0 Å². The predicted molar refractivity (Wildman–Crippen MR) is 333 cm³/mol. The first-order valence-electron chi connectivity index (χ1n) is 28.3. The van der Waals surface area contributed by atoms with E-state index in [1.807, 2.05) is 0 Å². The summed E-state index contributed by atoms with van der Waals surface area (Å²) in [5.41, 5.74) is 27.4. The first-order valence-corrected chi connectivity index (χ1v) is 28.3. The second-order valence-electron chi connectivity index (χ2n) is 26.6. The van der Waals surface area contributed by atoms with Crippen molar-refractivity contribution in [1.82, 2.24) is 0 Å². The van der Waals surface area contributed by atoms with Crippen molar-refractivity contribution in [3.63, 3.8) is 0 Å². The monoisotopic (exact) mass is 1010 g/mol. The smallest absolute Gasteiger partial charge is 0.252 e. The molecule has 13 rings (SSSR count). The molecule has 0 atom stereocenters. The molecule has 0 fully saturated rings. The van der Waals surface area contributed by atoms with Crippen molar-refractivity contribution < 1.29 is 0 Å². The van der Waals surface area contributed by atoms with E-state index in [0.29, 0.717) is 0 Å². The van der Waals surface area contributed by atoms with Crippen molar-refractivity contribution in [3.05, 3.63) is 268 Å².